The maximum absolute atomic E-state index is 13.0. The van der Waals surface area contributed by atoms with Crippen molar-refractivity contribution in [3.05, 3.63) is 70.3 Å². The minimum atomic E-state index is -0.425. The first-order valence-corrected chi connectivity index (χ1v) is 12.2. The topological polar surface area (TPSA) is 26.3 Å². The maximum Gasteiger partial charge on any atom is 0.312 e. The van der Waals surface area contributed by atoms with E-state index in [0.29, 0.717) is 24.9 Å². The van der Waals surface area contributed by atoms with Gasteiger partial charge in [-0.3, -0.25) is 4.79 Å². The number of benzene rings is 2. The maximum atomic E-state index is 13.0. The van der Waals surface area contributed by atoms with Crippen LogP contribution in [0, 0.1) is 31.1 Å². The SMILES string of the molecule is C=C(Cc1cc(C)c(-c2ccc(Cl)cc2)cc1C)CC1(C(=O)OCC)CCC(C)C(C)C1. The van der Waals surface area contributed by atoms with Gasteiger partial charge in [0.15, 0.2) is 0 Å². The monoisotopic (exact) mass is 452 g/mol. The Kier molecular flexibility index (Phi) is 7.88. The summed E-state index contributed by atoms with van der Waals surface area (Å²) in [4.78, 5) is 13.0. The lowest BCUT2D eigenvalue weighted by Gasteiger charge is -2.41. The molecule has 0 heterocycles. The Labute approximate surface area is 199 Å². The van der Waals surface area contributed by atoms with Gasteiger partial charge in [-0.1, -0.05) is 61.9 Å². The van der Waals surface area contributed by atoms with E-state index in [0.717, 1.165) is 36.3 Å². The predicted octanol–water partition coefficient (Wildman–Crippen LogP) is 8.12. The molecule has 3 heteroatoms. The van der Waals surface area contributed by atoms with Gasteiger partial charge in [0.2, 0.25) is 0 Å². The average molecular weight is 453 g/mol. The van der Waals surface area contributed by atoms with Gasteiger partial charge in [0.1, 0.15) is 0 Å². The molecule has 0 amide bonds. The highest BCUT2D eigenvalue weighted by Gasteiger charge is 2.45. The molecular weight excluding hydrogens is 416 g/mol. The Balaban J connectivity index is 1.80. The molecule has 0 saturated heterocycles. The summed E-state index contributed by atoms with van der Waals surface area (Å²) in [5.74, 6) is 1.13. The fourth-order valence-corrected chi connectivity index (χ4v) is 5.35. The molecule has 3 rings (SSSR count). The molecule has 1 aliphatic carbocycles. The van der Waals surface area contributed by atoms with Crippen LogP contribution in [0.4, 0.5) is 0 Å². The van der Waals surface area contributed by atoms with Crippen molar-refractivity contribution in [1.29, 1.82) is 0 Å². The third-order valence-electron chi connectivity index (χ3n) is 7.34. The molecule has 32 heavy (non-hydrogen) atoms. The van der Waals surface area contributed by atoms with Crippen LogP contribution in [-0.4, -0.2) is 12.6 Å². The van der Waals surface area contributed by atoms with Crippen molar-refractivity contribution in [3.8, 4) is 11.1 Å². The van der Waals surface area contributed by atoms with Gasteiger partial charge < -0.3 is 4.74 Å². The van der Waals surface area contributed by atoms with E-state index in [-0.39, 0.29) is 5.97 Å². The molecule has 0 N–H and O–H groups in total. The zero-order valence-corrected chi connectivity index (χ0v) is 21.0. The largest absolute Gasteiger partial charge is 0.466 e. The summed E-state index contributed by atoms with van der Waals surface area (Å²) < 4.78 is 5.55. The number of hydrogen-bond donors (Lipinski definition) is 0. The molecule has 0 radical (unpaired) electrons. The van der Waals surface area contributed by atoms with E-state index in [1.807, 2.05) is 19.1 Å². The van der Waals surface area contributed by atoms with E-state index in [4.69, 9.17) is 16.3 Å². The molecule has 2 aromatic rings. The van der Waals surface area contributed by atoms with Crippen LogP contribution in [0.15, 0.2) is 48.6 Å². The highest BCUT2D eigenvalue weighted by molar-refractivity contribution is 6.30. The summed E-state index contributed by atoms with van der Waals surface area (Å²) in [6.07, 6.45) is 4.35. The van der Waals surface area contributed by atoms with Gasteiger partial charge >= 0.3 is 5.97 Å². The van der Waals surface area contributed by atoms with Crippen LogP contribution in [-0.2, 0) is 16.0 Å². The third-order valence-corrected chi connectivity index (χ3v) is 7.59. The number of carbonyl (C=O) groups is 1. The van der Waals surface area contributed by atoms with E-state index in [1.165, 1.54) is 27.8 Å². The van der Waals surface area contributed by atoms with Crippen LogP contribution in [0.5, 0.6) is 0 Å². The molecule has 3 unspecified atom stereocenters. The second kappa shape index (κ2) is 10.3. The second-order valence-electron chi connectivity index (χ2n) is 9.90. The van der Waals surface area contributed by atoms with Gasteiger partial charge in [-0.2, -0.15) is 0 Å². The fourth-order valence-electron chi connectivity index (χ4n) is 5.23. The lowest BCUT2D eigenvalue weighted by molar-refractivity contribution is -0.159. The van der Waals surface area contributed by atoms with E-state index in [2.05, 4.69) is 58.5 Å². The van der Waals surface area contributed by atoms with Crippen LogP contribution in [0.2, 0.25) is 5.02 Å². The number of halogens is 1. The summed E-state index contributed by atoms with van der Waals surface area (Å²) in [7, 11) is 0. The Bertz CT molecular complexity index is 975. The van der Waals surface area contributed by atoms with Gasteiger partial charge in [-0.25, -0.2) is 0 Å². The Morgan fingerprint density at radius 3 is 2.44 bits per heavy atom. The molecule has 172 valence electrons. The zero-order valence-electron chi connectivity index (χ0n) is 20.3. The average Bonchev–Trinajstić information content (AvgIpc) is 2.74. The molecule has 1 fully saturated rings. The highest BCUT2D eigenvalue weighted by atomic mass is 35.5. The van der Waals surface area contributed by atoms with Gasteiger partial charge in [-0.05, 0) is 105 Å². The number of carbonyl (C=O) groups excluding carboxylic acids is 1. The van der Waals surface area contributed by atoms with Crippen molar-refractivity contribution >= 4 is 17.6 Å². The van der Waals surface area contributed by atoms with Crippen LogP contribution in [0.1, 0.15) is 63.1 Å². The van der Waals surface area contributed by atoms with E-state index < -0.39 is 5.41 Å². The number of hydrogen-bond acceptors (Lipinski definition) is 2. The van der Waals surface area contributed by atoms with Crippen LogP contribution in [0.3, 0.4) is 0 Å². The van der Waals surface area contributed by atoms with Crippen molar-refractivity contribution in [2.24, 2.45) is 17.3 Å². The quantitative estimate of drug-likeness (QED) is 0.313. The molecule has 1 aliphatic rings. The number of allylic oxidation sites excluding steroid dienone is 1. The minimum Gasteiger partial charge on any atom is -0.466 e. The van der Waals surface area contributed by atoms with Crippen molar-refractivity contribution in [2.45, 2.75) is 66.7 Å². The number of ether oxygens (including phenoxy) is 1. The summed E-state index contributed by atoms with van der Waals surface area (Å²) in [6.45, 7) is 15.6. The van der Waals surface area contributed by atoms with Crippen LogP contribution in [0.25, 0.3) is 11.1 Å². The highest BCUT2D eigenvalue weighted by Crippen LogP contribution is 2.47. The number of esters is 1. The van der Waals surface area contributed by atoms with Gasteiger partial charge in [0.05, 0.1) is 12.0 Å². The van der Waals surface area contributed by atoms with Crippen LogP contribution >= 0.6 is 11.6 Å². The molecule has 2 nitrogen and oxygen atoms in total. The van der Waals surface area contributed by atoms with Gasteiger partial charge in [-0.15, -0.1) is 0 Å². The molecule has 3 atom stereocenters. The second-order valence-corrected chi connectivity index (χ2v) is 10.3. The van der Waals surface area contributed by atoms with Gasteiger partial charge in [0, 0.05) is 5.02 Å². The van der Waals surface area contributed by atoms with Crippen LogP contribution < -0.4 is 0 Å². The van der Waals surface area contributed by atoms with Gasteiger partial charge in [0.25, 0.3) is 0 Å². The van der Waals surface area contributed by atoms with Crippen molar-refractivity contribution in [3.63, 3.8) is 0 Å². The summed E-state index contributed by atoms with van der Waals surface area (Å²) in [5.41, 5.74) is 6.85. The first-order chi connectivity index (χ1) is 15.1. The van der Waals surface area contributed by atoms with E-state index >= 15 is 0 Å². The first kappa shape index (κ1) is 24.6. The lowest BCUT2D eigenvalue weighted by Crippen LogP contribution is -2.40. The first-order valence-electron chi connectivity index (χ1n) is 11.8. The number of rotatable bonds is 7. The molecule has 2 aromatic carbocycles. The minimum absolute atomic E-state index is 0.0362. The standard InChI is InChI=1S/C29H37ClO2/c1-7-32-28(31)29(13-12-20(3)23(6)18-29)17-19(2)14-25-15-22(5)27(16-21(25)4)24-8-10-26(30)11-9-24/h8-11,15-16,20,23H,2,7,12-14,17-18H2,1,3-6H3. The third kappa shape index (κ3) is 5.46. The van der Waals surface area contributed by atoms with Crippen molar-refractivity contribution in [1.82, 2.24) is 0 Å². The molecule has 1 saturated carbocycles. The summed E-state index contributed by atoms with van der Waals surface area (Å²) >= 11 is 6.06. The van der Waals surface area contributed by atoms with E-state index in [1.54, 1.807) is 0 Å². The molecule has 0 aliphatic heterocycles. The lowest BCUT2D eigenvalue weighted by atomic mass is 9.63. The molecular formula is C29H37ClO2. The number of aryl methyl sites for hydroxylation is 2. The molecule has 0 aromatic heterocycles. The Morgan fingerprint density at radius 2 is 1.81 bits per heavy atom. The van der Waals surface area contributed by atoms with Crippen molar-refractivity contribution in [2.75, 3.05) is 6.61 Å². The molecule has 0 bridgehead atoms. The zero-order chi connectivity index (χ0) is 23.5. The summed E-state index contributed by atoms with van der Waals surface area (Å²) in [6, 6.07) is 12.5. The Hall–Kier alpha value is -2.06. The predicted molar refractivity (Wildman–Crippen MR) is 135 cm³/mol. The fraction of sp³-hybridized carbons (Fsp3) is 0.483. The summed E-state index contributed by atoms with van der Waals surface area (Å²) in [5, 5.41) is 0.748. The smallest absolute Gasteiger partial charge is 0.312 e. The Morgan fingerprint density at radius 1 is 1.12 bits per heavy atom. The normalized spacial score (nSPS) is 23.1. The van der Waals surface area contributed by atoms with Crippen molar-refractivity contribution < 1.29 is 9.53 Å². The molecule has 0 spiro atoms. The van der Waals surface area contributed by atoms with E-state index in [9.17, 15) is 4.79 Å².